The highest BCUT2D eigenvalue weighted by molar-refractivity contribution is 9.10. The van der Waals surface area contributed by atoms with Crippen molar-refractivity contribution in [3.8, 4) is 0 Å². The van der Waals surface area contributed by atoms with Crippen molar-refractivity contribution in [1.29, 1.82) is 0 Å². The van der Waals surface area contributed by atoms with Crippen molar-refractivity contribution in [2.45, 2.75) is 6.92 Å². The highest BCUT2D eigenvalue weighted by Crippen LogP contribution is 2.13. The van der Waals surface area contributed by atoms with Gasteiger partial charge in [-0.3, -0.25) is 9.59 Å². The third kappa shape index (κ3) is 5.72. The number of benzene rings is 2. The van der Waals surface area contributed by atoms with Crippen LogP contribution in [0, 0.1) is 0 Å². The van der Waals surface area contributed by atoms with Gasteiger partial charge >= 0.3 is 5.97 Å². The molecular formula is C18H17BrN2O4. The van der Waals surface area contributed by atoms with Crippen molar-refractivity contribution in [2.24, 2.45) is 0 Å². The van der Waals surface area contributed by atoms with Gasteiger partial charge < -0.3 is 15.4 Å². The molecule has 0 saturated heterocycles. The van der Waals surface area contributed by atoms with Crippen LogP contribution in [0.1, 0.15) is 27.6 Å². The van der Waals surface area contributed by atoms with Crippen molar-refractivity contribution < 1.29 is 19.1 Å². The van der Waals surface area contributed by atoms with Gasteiger partial charge in [0, 0.05) is 22.3 Å². The Morgan fingerprint density at radius 2 is 1.76 bits per heavy atom. The molecule has 0 spiro atoms. The zero-order valence-electron chi connectivity index (χ0n) is 13.5. The van der Waals surface area contributed by atoms with Crippen LogP contribution in [0.15, 0.2) is 53.0 Å². The lowest BCUT2D eigenvalue weighted by Gasteiger charge is -2.08. The number of halogens is 1. The van der Waals surface area contributed by atoms with Crippen LogP contribution in [0.5, 0.6) is 0 Å². The van der Waals surface area contributed by atoms with E-state index in [1.807, 2.05) is 6.92 Å². The molecule has 0 saturated carbocycles. The summed E-state index contributed by atoms with van der Waals surface area (Å²) in [4.78, 5) is 35.6. The van der Waals surface area contributed by atoms with Crippen LogP contribution in [0.3, 0.4) is 0 Å². The first-order chi connectivity index (χ1) is 12.0. The van der Waals surface area contributed by atoms with Gasteiger partial charge in [0.1, 0.15) is 0 Å². The summed E-state index contributed by atoms with van der Waals surface area (Å²) in [6.07, 6.45) is 0. The summed E-state index contributed by atoms with van der Waals surface area (Å²) in [7, 11) is 0. The van der Waals surface area contributed by atoms with Gasteiger partial charge in [0.25, 0.3) is 11.8 Å². The highest BCUT2D eigenvalue weighted by atomic mass is 79.9. The Kier molecular flexibility index (Phi) is 6.71. The van der Waals surface area contributed by atoms with E-state index in [-0.39, 0.29) is 5.91 Å². The fourth-order valence-corrected chi connectivity index (χ4v) is 2.43. The molecule has 0 atom stereocenters. The molecule has 0 heterocycles. The summed E-state index contributed by atoms with van der Waals surface area (Å²) in [6, 6.07) is 13.2. The predicted octanol–water partition coefficient (Wildman–Crippen LogP) is 2.99. The van der Waals surface area contributed by atoms with Gasteiger partial charge in [-0.25, -0.2) is 4.79 Å². The van der Waals surface area contributed by atoms with E-state index in [0.29, 0.717) is 23.4 Å². The number of rotatable bonds is 6. The van der Waals surface area contributed by atoms with E-state index in [2.05, 4.69) is 26.6 Å². The summed E-state index contributed by atoms with van der Waals surface area (Å²) in [6.45, 7) is 1.92. The van der Waals surface area contributed by atoms with E-state index in [1.165, 1.54) is 0 Å². The molecule has 7 heteroatoms. The summed E-state index contributed by atoms with van der Waals surface area (Å²) < 4.78 is 5.73. The maximum absolute atomic E-state index is 11.9. The second-order valence-electron chi connectivity index (χ2n) is 5.07. The molecule has 0 aliphatic rings. The first-order valence-corrected chi connectivity index (χ1v) is 8.39. The van der Waals surface area contributed by atoms with Crippen LogP contribution in [-0.4, -0.2) is 30.9 Å². The van der Waals surface area contributed by atoms with E-state index in [9.17, 15) is 14.4 Å². The molecule has 0 bridgehead atoms. The van der Waals surface area contributed by atoms with Gasteiger partial charge in [0.05, 0.1) is 5.56 Å². The largest absolute Gasteiger partial charge is 0.452 e. The minimum absolute atomic E-state index is 0.223. The van der Waals surface area contributed by atoms with E-state index in [0.717, 1.165) is 4.47 Å². The standard InChI is InChI=1S/C18H17BrN2O4/c1-2-20-17(23)12-5-4-8-15(10-12)21-16(22)11-25-18(24)13-6-3-7-14(19)9-13/h3-10H,2,11H2,1H3,(H,20,23)(H,21,22). The van der Waals surface area contributed by atoms with Crippen LogP contribution in [-0.2, 0) is 9.53 Å². The highest BCUT2D eigenvalue weighted by Gasteiger charge is 2.11. The van der Waals surface area contributed by atoms with Crippen molar-refractivity contribution >= 4 is 39.4 Å². The first-order valence-electron chi connectivity index (χ1n) is 7.60. The fraction of sp³-hybridized carbons (Fsp3) is 0.167. The molecule has 0 aliphatic carbocycles. The average Bonchev–Trinajstić information content (AvgIpc) is 2.60. The molecular weight excluding hydrogens is 388 g/mol. The third-order valence-corrected chi connectivity index (χ3v) is 3.63. The van der Waals surface area contributed by atoms with E-state index < -0.39 is 18.5 Å². The number of carbonyl (C=O) groups excluding carboxylic acids is 3. The molecule has 130 valence electrons. The molecule has 2 aromatic rings. The Bertz CT molecular complexity index is 792. The Balaban J connectivity index is 1.91. The van der Waals surface area contributed by atoms with Gasteiger partial charge in [-0.1, -0.05) is 28.1 Å². The second-order valence-corrected chi connectivity index (χ2v) is 5.99. The van der Waals surface area contributed by atoms with Gasteiger partial charge in [-0.05, 0) is 43.3 Å². The number of hydrogen-bond donors (Lipinski definition) is 2. The van der Waals surface area contributed by atoms with E-state index in [1.54, 1.807) is 48.5 Å². The van der Waals surface area contributed by atoms with Crippen molar-refractivity contribution in [1.82, 2.24) is 5.32 Å². The number of anilines is 1. The summed E-state index contributed by atoms with van der Waals surface area (Å²) in [5, 5.41) is 5.27. The number of amides is 2. The molecule has 2 aromatic carbocycles. The maximum Gasteiger partial charge on any atom is 0.338 e. The maximum atomic E-state index is 11.9. The second kappa shape index (κ2) is 8.98. The molecule has 6 nitrogen and oxygen atoms in total. The molecule has 25 heavy (non-hydrogen) atoms. The monoisotopic (exact) mass is 404 g/mol. The van der Waals surface area contributed by atoms with Crippen LogP contribution in [0.25, 0.3) is 0 Å². The van der Waals surface area contributed by atoms with Gasteiger partial charge in [-0.2, -0.15) is 0 Å². The topological polar surface area (TPSA) is 84.5 Å². The van der Waals surface area contributed by atoms with Crippen LogP contribution < -0.4 is 10.6 Å². The molecule has 0 fully saturated rings. The number of hydrogen-bond acceptors (Lipinski definition) is 4. The van der Waals surface area contributed by atoms with Crippen LogP contribution in [0.2, 0.25) is 0 Å². The average molecular weight is 405 g/mol. The molecule has 0 radical (unpaired) electrons. The Hall–Kier alpha value is -2.67. The lowest BCUT2D eigenvalue weighted by Crippen LogP contribution is -2.23. The zero-order chi connectivity index (χ0) is 18.2. The van der Waals surface area contributed by atoms with Crippen molar-refractivity contribution in [3.63, 3.8) is 0 Å². The molecule has 0 aliphatic heterocycles. The van der Waals surface area contributed by atoms with Crippen molar-refractivity contribution in [3.05, 3.63) is 64.1 Å². The number of esters is 1. The lowest BCUT2D eigenvalue weighted by molar-refractivity contribution is -0.119. The molecule has 2 rings (SSSR count). The predicted molar refractivity (Wildman–Crippen MR) is 97.5 cm³/mol. The fourth-order valence-electron chi connectivity index (χ4n) is 2.03. The summed E-state index contributed by atoms with van der Waals surface area (Å²) in [5.41, 5.74) is 1.23. The SMILES string of the molecule is CCNC(=O)c1cccc(NC(=O)COC(=O)c2cccc(Br)c2)c1. The molecule has 2 N–H and O–H groups in total. The summed E-state index contributed by atoms with van der Waals surface area (Å²) >= 11 is 3.26. The zero-order valence-corrected chi connectivity index (χ0v) is 15.1. The van der Waals surface area contributed by atoms with Crippen molar-refractivity contribution in [2.75, 3.05) is 18.5 Å². The minimum atomic E-state index is -0.590. The molecule has 0 unspecified atom stereocenters. The summed E-state index contributed by atoms with van der Waals surface area (Å²) in [5.74, 6) is -1.30. The quantitative estimate of drug-likeness (QED) is 0.724. The third-order valence-electron chi connectivity index (χ3n) is 3.14. The Labute approximate surface area is 153 Å². The van der Waals surface area contributed by atoms with Gasteiger partial charge in [-0.15, -0.1) is 0 Å². The first kappa shape index (κ1) is 18.7. The molecule has 2 amide bonds. The lowest BCUT2D eigenvalue weighted by atomic mass is 10.2. The molecule has 0 aromatic heterocycles. The van der Waals surface area contributed by atoms with E-state index >= 15 is 0 Å². The smallest absolute Gasteiger partial charge is 0.338 e. The van der Waals surface area contributed by atoms with Gasteiger partial charge in [0.2, 0.25) is 0 Å². The van der Waals surface area contributed by atoms with Gasteiger partial charge in [0.15, 0.2) is 6.61 Å². The number of ether oxygens (including phenoxy) is 1. The van der Waals surface area contributed by atoms with E-state index in [4.69, 9.17) is 4.74 Å². The van der Waals surface area contributed by atoms with Crippen LogP contribution >= 0.6 is 15.9 Å². The number of nitrogens with one attached hydrogen (secondary N) is 2. The Morgan fingerprint density at radius 3 is 2.48 bits per heavy atom. The minimum Gasteiger partial charge on any atom is -0.452 e. The normalized spacial score (nSPS) is 10.0. The number of carbonyl (C=O) groups is 3. The van der Waals surface area contributed by atoms with Crippen LogP contribution in [0.4, 0.5) is 5.69 Å². The Morgan fingerprint density at radius 1 is 1.04 bits per heavy atom.